The summed E-state index contributed by atoms with van der Waals surface area (Å²) >= 11 is 1.35. The number of imidazole rings is 1. The van der Waals surface area contributed by atoms with Crippen LogP contribution in [0.3, 0.4) is 0 Å². The number of nitrogens with one attached hydrogen (secondary N) is 1. The largest absolute Gasteiger partial charge is 0.338 e. The van der Waals surface area contributed by atoms with Crippen LogP contribution in [0.25, 0.3) is 11.0 Å². The normalized spacial score (nSPS) is 20.0. The van der Waals surface area contributed by atoms with E-state index in [4.69, 9.17) is 0 Å². The van der Waals surface area contributed by atoms with Crippen LogP contribution in [0.5, 0.6) is 0 Å². The zero-order chi connectivity index (χ0) is 16.4. The highest BCUT2D eigenvalue weighted by Gasteiger charge is 2.33. The first-order valence-corrected chi connectivity index (χ1v) is 10.4. The molecule has 0 saturated carbocycles. The van der Waals surface area contributed by atoms with E-state index >= 15 is 0 Å². The average molecular weight is 353 g/mol. The van der Waals surface area contributed by atoms with Gasteiger partial charge in [0.1, 0.15) is 0 Å². The lowest BCUT2D eigenvalue weighted by Gasteiger charge is -2.26. The second-order valence-electron chi connectivity index (χ2n) is 5.58. The van der Waals surface area contributed by atoms with Crippen molar-refractivity contribution in [2.24, 2.45) is 0 Å². The average Bonchev–Trinajstić information content (AvgIpc) is 3.08. The third kappa shape index (κ3) is 3.69. The van der Waals surface area contributed by atoms with Crippen LogP contribution < -0.4 is 0 Å². The molecule has 23 heavy (non-hydrogen) atoms. The Morgan fingerprint density at radius 3 is 2.87 bits per heavy atom. The van der Waals surface area contributed by atoms with Crippen LogP contribution in [0.2, 0.25) is 0 Å². The van der Waals surface area contributed by atoms with Crippen LogP contribution in [0, 0.1) is 0 Å². The van der Waals surface area contributed by atoms with Crippen LogP contribution in [-0.2, 0) is 14.6 Å². The predicted molar refractivity (Wildman–Crippen MR) is 91.3 cm³/mol. The van der Waals surface area contributed by atoms with Gasteiger partial charge in [0, 0.05) is 12.6 Å². The number of hydrogen-bond donors (Lipinski definition) is 1. The molecule has 0 aliphatic carbocycles. The Labute approximate surface area is 139 Å². The number of carbonyl (C=O) groups excluding carboxylic acids is 1. The molecule has 1 atom stereocenters. The van der Waals surface area contributed by atoms with Crippen LogP contribution in [0.4, 0.5) is 0 Å². The number of para-hydroxylation sites is 2. The van der Waals surface area contributed by atoms with Crippen LogP contribution in [0.1, 0.15) is 13.3 Å². The molecule has 1 saturated heterocycles. The van der Waals surface area contributed by atoms with Crippen molar-refractivity contribution in [3.05, 3.63) is 24.3 Å². The second kappa shape index (κ2) is 6.52. The molecule has 1 amide bonds. The summed E-state index contributed by atoms with van der Waals surface area (Å²) in [6.45, 7) is 2.41. The molecule has 2 aromatic rings. The lowest BCUT2D eigenvalue weighted by molar-refractivity contribution is -0.129. The molecule has 124 valence electrons. The molecule has 0 unspecified atom stereocenters. The van der Waals surface area contributed by atoms with Gasteiger partial charge in [0.15, 0.2) is 15.0 Å². The van der Waals surface area contributed by atoms with Gasteiger partial charge in [0.25, 0.3) is 0 Å². The zero-order valence-electron chi connectivity index (χ0n) is 12.9. The number of thioether (sulfide) groups is 1. The summed E-state index contributed by atoms with van der Waals surface area (Å²) in [5.74, 6) is 0.476. The van der Waals surface area contributed by atoms with Gasteiger partial charge in [-0.3, -0.25) is 4.79 Å². The summed E-state index contributed by atoms with van der Waals surface area (Å²) in [5, 5.41) is 0.703. The first kappa shape index (κ1) is 16.3. The number of carbonyl (C=O) groups is 1. The zero-order valence-corrected chi connectivity index (χ0v) is 14.5. The maximum atomic E-state index is 12.4. The number of aromatic nitrogens is 2. The smallest absolute Gasteiger partial charge is 0.233 e. The third-order valence-corrected chi connectivity index (χ3v) is 6.62. The van der Waals surface area contributed by atoms with Gasteiger partial charge in [0.05, 0.1) is 28.3 Å². The molecule has 0 spiro atoms. The molecule has 1 aliphatic rings. The molecule has 1 fully saturated rings. The van der Waals surface area contributed by atoms with Crippen molar-refractivity contribution in [1.29, 1.82) is 0 Å². The van der Waals surface area contributed by atoms with Gasteiger partial charge >= 0.3 is 0 Å². The van der Waals surface area contributed by atoms with Crippen molar-refractivity contribution in [2.45, 2.75) is 24.5 Å². The van der Waals surface area contributed by atoms with Gasteiger partial charge in [-0.05, 0) is 25.5 Å². The summed E-state index contributed by atoms with van der Waals surface area (Å²) in [4.78, 5) is 21.7. The quantitative estimate of drug-likeness (QED) is 0.827. The van der Waals surface area contributed by atoms with Gasteiger partial charge in [-0.15, -0.1) is 0 Å². The van der Waals surface area contributed by atoms with E-state index in [0.717, 1.165) is 11.0 Å². The number of fused-ring (bicyclic) bond motifs is 1. The Bertz CT molecular complexity index is 783. The van der Waals surface area contributed by atoms with Gasteiger partial charge in [-0.25, -0.2) is 13.4 Å². The second-order valence-corrected chi connectivity index (χ2v) is 8.78. The number of sulfone groups is 1. The SMILES string of the molecule is CCN(C(=O)CSc1nc2ccccc2[nH]1)[C@@H]1CCS(=O)(=O)C1. The Morgan fingerprint density at radius 2 is 2.22 bits per heavy atom. The van der Waals surface area contributed by atoms with Crippen molar-refractivity contribution in [3.8, 4) is 0 Å². The van der Waals surface area contributed by atoms with Gasteiger partial charge in [-0.1, -0.05) is 23.9 Å². The van der Waals surface area contributed by atoms with Crippen LogP contribution in [-0.4, -0.2) is 59.0 Å². The number of nitrogens with zero attached hydrogens (tertiary/aromatic N) is 2. The molecule has 8 heteroatoms. The minimum atomic E-state index is -2.99. The highest BCUT2D eigenvalue weighted by molar-refractivity contribution is 7.99. The number of H-pyrrole nitrogens is 1. The lowest BCUT2D eigenvalue weighted by Crippen LogP contribution is -2.41. The fourth-order valence-electron chi connectivity index (χ4n) is 2.87. The van der Waals surface area contributed by atoms with E-state index in [1.54, 1.807) is 4.90 Å². The Hall–Kier alpha value is -1.54. The molecule has 1 aromatic heterocycles. The highest BCUT2D eigenvalue weighted by Crippen LogP contribution is 2.22. The van der Waals surface area contributed by atoms with Crippen molar-refractivity contribution in [1.82, 2.24) is 14.9 Å². The molecule has 0 radical (unpaired) electrons. The summed E-state index contributed by atoms with van der Waals surface area (Å²) < 4.78 is 23.2. The number of hydrogen-bond acceptors (Lipinski definition) is 5. The third-order valence-electron chi connectivity index (χ3n) is 4.01. The number of benzene rings is 1. The minimum absolute atomic E-state index is 0.0416. The topological polar surface area (TPSA) is 83.1 Å². The summed E-state index contributed by atoms with van der Waals surface area (Å²) in [6.07, 6.45) is 0.539. The van der Waals surface area contributed by atoms with E-state index in [2.05, 4.69) is 9.97 Å². The Morgan fingerprint density at radius 1 is 1.43 bits per heavy atom. The molecular weight excluding hydrogens is 334 g/mol. The molecule has 3 rings (SSSR count). The van der Waals surface area contributed by atoms with E-state index in [9.17, 15) is 13.2 Å². The minimum Gasteiger partial charge on any atom is -0.338 e. The number of amides is 1. The van der Waals surface area contributed by atoms with E-state index < -0.39 is 9.84 Å². The molecule has 1 N–H and O–H groups in total. The fourth-order valence-corrected chi connectivity index (χ4v) is 5.37. The van der Waals surface area contributed by atoms with Gasteiger partial charge in [0.2, 0.25) is 5.91 Å². The molecular formula is C15H19N3O3S2. The monoisotopic (exact) mass is 353 g/mol. The van der Waals surface area contributed by atoms with Crippen LogP contribution in [0.15, 0.2) is 29.4 Å². The molecule has 2 heterocycles. The standard InChI is InChI=1S/C15H19N3O3S2/c1-2-18(11-7-8-23(20,21)10-11)14(19)9-22-15-16-12-5-3-4-6-13(12)17-15/h3-6,11H,2,7-10H2,1H3,(H,16,17)/t11-/m1/s1. The molecule has 1 aliphatic heterocycles. The molecule has 0 bridgehead atoms. The van der Waals surface area contributed by atoms with E-state index in [1.807, 2.05) is 31.2 Å². The number of aromatic amines is 1. The van der Waals surface area contributed by atoms with E-state index in [1.165, 1.54) is 11.8 Å². The lowest BCUT2D eigenvalue weighted by atomic mass is 10.2. The number of rotatable bonds is 5. The van der Waals surface area contributed by atoms with Gasteiger partial charge < -0.3 is 9.88 Å². The summed E-state index contributed by atoms with van der Waals surface area (Å²) in [6, 6.07) is 7.52. The van der Waals surface area contributed by atoms with Crippen molar-refractivity contribution < 1.29 is 13.2 Å². The Kier molecular flexibility index (Phi) is 4.63. The first-order chi connectivity index (χ1) is 11.0. The first-order valence-electron chi connectivity index (χ1n) is 7.56. The maximum absolute atomic E-state index is 12.4. The van der Waals surface area contributed by atoms with E-state index in [0.29, 0.717) is 18.1 Å². The highest BCUT2D eigenvalue weighted by atomic mass is 32.2. The van der Waals surface area contributed by atoms with Gasteiger partial charge in [-0.2, -0.15) is 0 Å². The van der Waals surface area contributed by atoms with Crippen molar-refractivity contribution >= 4 is 38.5 Å². The predicted octanol–water partition coefficient (Wildman–Crippen LogP) is 1.69. The fraction of sp³-hybridized carbons (Fsp3) is 0.467. The Balaban J connectivity index is 1.63. The van der Waals surface area contributed by atoms with Crippen molar-refractivity contribution in [3.63, 3.8) is 0 Å². The van der Waals surface area contributed by atoms with Crippen LogP contribution >= 0.6 is 11.8 Å². The maximum Gasteiger partial charge on any atom is 0.233 e. The summed E-state index contributed by atoms with van der Waals surface area (Å²) in [5.41, 5.74) is 1.81. The summed E-state index contributed by atoms with van der Waals surface area (Å²) in [7, 11) is -2.99. The van der Waals surface area contributed by atoms with Crippen molar-refractivity contribution in [2.75, 3.05) is 23.8 Å². The molecule has 1 aromatic carbocycles. The molecule has 6 nitrogen and oxygen atoms in total. The van der Waals surface area contributed by atoms with E-state index in [-0.39, 0.29) is 29.2 Å².